The van der Waals surface area contributed by atoms with E-state index in [9.17, 15) is 4.79 Å². The number of piperidine rings is 1. The van der Waals surface area contributed by atoms with Gasteiger partial charge in [-0.25, -0.2) is 0 Å². The van der Waals surface area contributed by atoms with E-state index in [2.05, 4.69) is 40.7 Å². The summed E-state index contributed by atoms with van der Waals surface area (Å²) in [5, 5.41) is 6.60. The summed E-state index contributed by atoms with van der Waals surface area (Å²) < 4.78 is 0. The first-order chi connectivity index (χ1) is 12.2. The predicted octanol–water partition coefficient (Wildman–Crippen LogP) is 3.72. The van der Waals surface area contributed by atoms with Crippen LogP contribution in [0.15, 0.2) is 18.2 Å². The average molecular weight is 432 g/mol. The number of halogens is 2. The zero-order valence-corrected chi connectivity index (χ0v) is 18.4. The summed E-state index contributed by atoms with van der Waals surface area (Å²) >= 11 is 2.05. The number of aryl methyl sites for hydroxylation is 1. The molecule has 152 valence electrons. The molecular weight excluding hydrogens is 401 g/mol. The van der Waals surface area contributed by atoms with E-state index >= 15 is 0 Å². The number of carbonyl (C=O) groups excluding carboxylic acids is 1. The highest BCUT2D eigenvalue weighted by molar-refractivity contribution is 7.99. The smallest absolute Gasteiger partial charge is 0.228 e. The van der Waals surface area contributed by atoms with E-state index in [-0.39, 0.29) is 36.6 Å². The summed E-state index contributed by atoms with van der Waals surface area (Å²) in [6.07, 6.45) is 3.37. The molecule has 2 saturated heterocycles. The van der Waals surface area contributed by atoms with Crippen LogP contribution < -0.4 is 10.6 Å². The van der Waals surface area contributed by atoms with Crippen molar-refractivity contribution in [3.05, 3.63) is 29.3 Å². The Morgan fingerprint density at radius 3 is 2.63 bits per heavy atom. The summed E-state index contributed by atoms with van der Waals surface area (Å²) in [6, 6.07) is 6.51. The number of nitrogens with one attached hydrogen (secondary N) is 2. The normalized spacial score (nSPS) is 23.8. The largest absolute Gasteiger partial charge is 0.326 e. The van der Waals surface area contributed by atoms with Crippen molar-refractivity contribution in [2.24, 2.45) is 11.3 Å². The number of hydrogen-bond donors (Lipinski definition) is 2. The molecular formula is C20H31Cl2N3OS. The van der Waals surface area contributed by atoms with Gasteiger partial charge in [-0.2, -0.15) is 11.8 Å². The van der Waals surface area contributed by atoms with Crippen molar-refractivity contribution in [1.29, 1.82) is 0 Å². The minimum atomic E-state index is 0. The van der Waals surface area contributed by atoms with Gasteiger partial charge in [0.25, 0.3) is 0 Å². The fourth-order valence-corrected chi connectivity index (χ4v) is 5.38. The van der Waals surface area contributed by atoms with Crippen LogP contribution in [0.1, 0.15) is 30.4 Å². The third-order valence-corrected chi connectivity index (χ3v) is 7.11. The third kappa shape index (κ3) is 5.33. The number of thioether (sulfide) groups is 1. The third-order valence-electron chi connectivity index (χ3n) is 6.16. The van der Waals surface area contributed by atoms with E-state index in [1.165, 1.54) is 35.7 Å². The Balaban J connectivity index is 0.00000131. The zero-order chi connectivity index (χ0) is 17.3. The Kier molecular flexibility index (Phi) is 8.32. The van der Waals surface area contributed by atoms with Crippen LogP contribution in [-0.2, 0) is 11.3 Å². The van der Waals surface area contributed by atoms with Gasteiger partial charge >= 0.3 is 0 Å². The molecule has 1 amide bonds. The highest BCUT2D eigenvalue weighted by atomic mass is 35.5. The van der Waals surface area contributed by atoms with Gasteiger partial charge in [0.1, 0.15) is 0 Å². The summed E-state index contributed by atoms with van der Waals surface area (Å²) in [5.41, 5.74) is 3.81. The number of carbonyl (C=O) groups is 1. The molecule has 1 aliphatic carbocycles. The van der Waals surface area contributed by atoms with Gasteiger partial charge in [0.15, 0.2) is 0 Å². The topological polar surface area (TPSA) is 44.4 Å². The number of amides is 1. The fourth-order valence-electron chi connectivity index (χ4n) is 4.40. The maximum absolute atomic E-state index is 12.7. The van der Waals surface area contributed by atoms with Crippen LogP contribution in [0.3, 0.4) is 0 Å². The standard InChI is InChI=1S/C20H29N3OS.2ClH/c1-15-12-16(14-23-8-10-25-11-9-23)2-3-18(15)22-19(24)17-13-20(17)4-6-21-7-5-20;;/h2-3,12,17,21H,4-11,13-14H2,1H3,(H,22,24);2*1H. The maximum atomic E-state index is 12.7. The van der Waals surface area contributed by atoms with Gasteiger partial charge in [-0.1, -0.05) is 12.1 Å². The van der Waals surface area contributed by atoms with Gasteiger partial charge < -0.3 is 10.6 Å². The molecule has 4 nitrogen and oxygen atoms in total. The molecule has 4 rings (SSSR count). The van der Waals surface area contributed by atoms with Gasteiger partial charge in [-0.3, -0.25) is 9.69 Å². The molecule has 2 aliphatic heterocycles. The Labute approximate surface area is 179 Å². The fraction of sp³-hybridized carbons (Fsp3) is 0.650. The van der Waals surface area contributed by atoms with Crippen molar-refractivity contribution in [2.75, 3.05) is 43.0 Å². The number of nitrogens with zero attached hydrogens (tertiary/aromatic N) is 1. The molecule has 3 fully saturated rings. The lowest BCUT2D eigenvalue weighted by molar-refractivity contribution is -0.118. The second kappa shape index (κ2) is 9.84. The Morgan fingerprint density at radius 1 is 1.26 bits per heavy atom. The molecule has 2 N–H and O–H groups in total. The minimum Gasteiger partial charge on any atom is -0.326 e. The van der Waals surface area contributed by atoms with Gasteiger partial charge in [0.05, 0.1) is 0 Å². The van der Waals surface area contributed by atoms with Crippen LogP contribution in [-0.4, -0.2) is 48.5 Å². The number of benzene rings is 1. The van der Waals surface area contributed by atoms with E-state index in [1.54, 1.807) is 0 Å². The predicted molar refractivity (Wildman–Crippen MR) is 120 cm³/mol. The second-order valence-electron chi connectivity index (χ2n) is 7.90. The molecule has 1 aromatic carbocycles. The van der Waals surface area contributed by atoms with E-state index in [1.807, 2.05) is 11.8 Å². The number of rotatable bonds is 4. The summed E-state index contributed by atoms with van der Waals surface area (Å²) in [6.45, 7) is 7.62. The Hall–Kier alpha value is -0.460. The molecule has 0 bridgehead atoms. The Bertz CT molecular complexity index is 646. The number of anilines is 1. The first-order valence-corrected chi connectivity index (χ1v) is 10.7. The summed E-state index contributed by atoms with van der Waals surface area (Å²) in [4.78, 5) is 15.2. The van der Waals surface area contributed by atoms with Crippen molar-refractivity contribution >= 4 is 48.2 Å². The minimum absolute atomic E-state index is 0. The molecule has 0 aromatic heterocycles. The molecule has 1 unspecified atom stereocenters. The summed E-state index contributed by atoms with van der Waals surface area (Å²) in [7, 11) is 0. The van der Waals surface area contributed by atoms with Gasteiger partial charge in [-0.05, 0) is 61.9 Å². The van der Waals surface area contributed by atoms with Gasteiger partial charge in [0, 0.05) is 42.7 Å². The number of hydrogen-bond acceptors (Lipinski definition) is 4. The monoisotopic (exact) mass is 431 g/mol. The van der Waals surface area contributed by atoms with Crippen LogP contribution in [0.2, 0.25) is 0 Å². The van der Waals surface area contributed by atoms with Crippen molar-refractivity contribution < 1.29 is 4.79 Å². The lowest BCUT2D eigenvalue weighted by atomic mass is 9.91. The zero-order valence-electron chi connectivity index (χ0n) is 16.0. The van der Waals surface area contributed by atoms with Gasteiger partial charge in [0.2, 0.25) is 5.91 Å². The van der Waals surface area contributed by atoms with E-state index < -0.39 is 0 Å². The van der Waals surface area contributed by atoms with Crippen molar-refractivity contribution in [1.82, 2.24) is 10.2 Å². The molecule has 0 radical (unpaired) electrons. The molecule has 3 aliphatic rings. The molecule has 27 heavy (non-hydrogen) atoms. The molecule has 7 heteroatoms. The highest BCUT2D eigenvalue weighted by Crippen LogP contribution is 2.58. The first kappa shape index (κ1) is 22.8. The molecule has 1 aromatic rings. The Morgan fingerprint density at radius 2 is 1.96 bits per heavy atom. The van der Waals surface area contributed by atoms with E-state index in [4.69, 9.17) is 0 Å². The molecule has 1 saturated carbocycles. The SMILES string of the molecule is Cc1cc(CN2CCSCC2)ccc1NC(=O)C1CC12CCNCC2.Cl.Cl. The van der Waals surface area contributed by atoms with Gasteiger partial charge in [-0.15, -0.1) is 24.8 Å². The van der Waals surface area contributed by atoms with Crippen molar-refractivity contribution in [3.63, 3.8) is 0 Å². The van der Waals surface area contributed by atoms with Crippen molar-refractivity contribution in [3.8, 4) is 0 Å². The molecule has 1 atom stereocenters. The summed E-state index contributed by atoms with van der Waals surface area (Å²) in [5.74, 6) is 2.93. The second-order valence-corrected chi connectivity index (χ2v) is 9.12. The van der Waals surface area contributed by atoms with Crippen LogP contribution in [0, 0.1) is 18.3 Å². The molecule has 1 spiro atoms. The van der Waals surface area contributed by atoms with Crippen LogP contribution in [0.5, 0.6) is 0 Å². The van der Waals surface area contributed by atoms with Crippen molar-refractivity contribution in [2.45, 2.75) is 32.7 Å². The lowest BCUT2D eigenvalue weighted by Gasteiger charge is -2.26. The molecule has 2 heterocycles. The van der Waals surface area contributed by atoms with Crippen LogP contribution in [0.4, 0.5) is 5.69 Å². The van der Waals surface area contributed by atoms with E-state index in [0.29, 0.717) is 5.41 Å². The highest BCUT2D eigenvalue weighted by Gasteiger charge is 2.57. The first-order valence-electron chi connectivity index (χ1n) is 9.58. The quantitative estimate of drug-likeness (QED) is 0.762. The van der Waals surface area contributed by atoms with E-state index in [0.717, 1.165) is 44.6 Å². The maximum Gasteiger partial charge on any atom is 0.228 e. The average Bonchev–Trinajstić information content (AvgIpc) is 3.32. The lowest BCUT2D eigenvalue weighted by Crippen LogP contribution is -2.32. The van der Waals surface area contributed by atoms with Crippen LogP contribution in [0.25, 0.3) is 0 Å². The van der Waals surface area contributed by atoms with Crippen LogP contribution >= 0.6 is 36.6 Å².